The summed E-state index contributed by atoms with van der Waals surface area (Å²) >= 11 is 5.14. The number of halogens is 1. The minimum absolute atomic E-state index is 1.05. The van der Waals surface area contributed by atoms with Crippen LogP contribution in [0.4, 0.5) is 0 Å². The fourth-order valence-corrected chi connectivity index (χ4v) is 3.14. The Labute approximate surface area is 131 Å². The summed E-state index contributed by atoms with van der Waals surface area (Å²) in [5.41, 5.74) is 4.75. The van der Waals surface area contributed by atoms with Crippen molar-refractivity contribution in [3.8, 4) is 21.8 Å². The Balaban J connectivity index is 1.91. The largest absolute Gasteiger partial charge is 0.236 e. The highest BCUT2D eigenvalue weighted by atomic mass is 79.9. The third-order valence-corrected chi connectivity index (χ3v) is 4.67. The normalized spacial score (nSPS) is 10.7. The number of nitrogens with zero attached hydrogens (tertiary/aromatic N) is 1. The van der Waals surface area contributed by atoms with Crippen molar-refractivity contribution in [3.05, 3.63) is 63.9 Å². The minimum Gasteiger partial charge on any atom is -0.236 e. The second-order valence-electron chi connectivity index (χ2n) is 4.60. The number of thiazole rings is 1. The molecule has 3 aromatic rings. The number of hydrogen-bond donors (Lipinski definition) is 0. The van der Waals surface area contributed by atoms with E-state index in [0.717, 1.165) is 27.2 Å². The standard InChI is InChI=1S/C17H14BrNS/c1-2-12-3-5-13(6-4-12)16-11-20-17(19-16)14-7-9-15(18)10-8-14/h3-11H,2H2,1H3. The maximum Gasteiger partial charge on any atom is 0.124 e. The van der Waals surface area contributed by atoms with E-state index in [2.05, 4.69) is 64.6 Å². The maximum atomic E-state index is 4.74. The van der Waals surface area contributed by atoms with E-state index in [1.165, 1.54) is 11.1 Å². The highest BCUT2D eigenvalue weighted by Crippen LogP contribution is 2.29. The predicted octanol–water partition coefficient (Wildman–Crippen LogP) is 5.80. The van der Waals surface area contributed by atoms with E-state index in [9.17, 15) is 0 Å². The molecule has 0 spiro atoms. The molecule has 0 aliphatic rings. The van der Waals surface area contributed by atoms with Gasteiger partial charge >= 0.3 is 0 Å². The molecular formula is C17H14BrNS. The summed E-state index contributed by atoms with van der Waals surface area (Å²) in [4.78, 5) is 4.74. The van der Waals surface area contributed by atoms with Gasteiger partial charge in [-0.3, -0.25) is 0 Å². The smallest absolute Gasteiger partial charge is 0.124 e. The highest BCUT2D eigenvalue weighted by Gasteiger charge is 2.06. The molecule has 0 bridgehead atoms. The molecule has 0 saturated heterocycles. The van der Waals surface area contributed by atoms with Crippen LogP contribution in [0.1, 0.15) is 12.5 Å². The van der Waals surface area contributed by atoms with Gasteiger partial charge in [-0.2, -0.15) is 0 Å². The van der Waals surface area contributed by atoms with Crippen molar-refractivity contribution in [3.63, 3.8) is 0 Å². The molecular weight excluding hydrogens is 330 g/mol. The summed E-state index contributed by atoms with van der Waals surface area (Å²) in [6, 6.07) is 16.9. The van der Waals surface area contributed by atoms with Gasteiger partial charge in [0.1, 0.15) is 5.01 Å². The summed E-state index contributed by atoms with van der Waals surface area (Å²) in [7, 11) is 0. The summed E-state index contributed by atoms with van der Waals surface area (Å²) < 4.78 is 1.09. The fourth-order valence-electron chi connectivity index (χ4n) is 2.04. The highest BCUT2D eigenvalue weighted by molar-refractivity contribution is 9.10. The Hall–Kier alpha value is -1.45. The molecule has 1 aromatic heterocycles. The average Bonchev–Trinajstić information content (AvgIpc) is 2.98. The molecule has 0 aliphatic carbocycles. The molecule has 0 N–H and O–H groups in total. The van der Waals surface area contributed by atoms with Crippen molar-refractivity contribution in [2.45, 2.75) is 13.3 Å². The second-order valence-corrected chi connectivity index (χ2v) is 6.37. The molecule has 1 heterocycles. The number of aromatic nitrogens is 1. The first-order valence-electron chi connectivity index (χ1n) is 6.57. The lowest BCUT2D eigenvalue weighted by molar-refractivity contribution is 1.14. The number of rotatable bonds is 3. The Morgan fingerprint density at radius 2 is 1.60 bits per heavy atom. The Morgan fingerprint density at radius 3 is 2.25 bits per heavy atom. The van der Waals surface area contributed by atoms with Gasteiger partial charge in [0.15, 0.2) is 0 Å². The minimum atomic E-state index is 1.05. The molecule has 0 saturated carbocycles. The lowest BCUT2D eigenvalue weighted by Gasteiger charge is -1.99. The molecule has 100 valence electrons. The van der Waals surface area contributed by atoms with Crippen LogP contribution >= 0.6 is 27.3 Å². The molecule has 0 unspecified atom stereocenters. The van der Waals surface area contributed by atoms with E-state index in [1.807, 2.05) is 12.1 Å². The topological polar surface area (TPSA) is 12.9 Å². The first kappa shape index (κ1) is 13.5. The molecule has 1 nitrogen and oxygen atoms in total. The van der Waals surface area contributed by atoms with Crippen molar-refractivity contribution in [1.82, 2.24) is 4.98 Å². The monoisotopic (exact) mass is 343 g/mol. The van der Waals surface area contributed by atoms with Crippen molar-refractivity contribution < 1.29 is 0 Å². The Kier molecular flexibility index (Phi) is 3.99. The quantitative estimate of drug-likeness (QED) is 0.585. The van der Waals surface area contributed by atoms with Gasteiger partial charge in [0.25, 0.3) is 0 Å². The van der Waals surface area contributed by atoms with E-state index < -0.39 is 0 Å². The number of hydrogen-bond acceptors (Lipinski definition) is 2. The van der Waals surface area contributed by atoms with E-state index in [1.54, 1.807) is 11.3 Å². The van der Waals surface area contributed by atoms with E-state index in [0.29, 0.717) is 0 Å². The zero-order chi connectivity index (χ0) is 13.9. The molecule has 3 heteroatoms. The molecule has 20 heavy (non-hydrogen) atoms. The van der Waals surface area contributed by atoms with Crippen LogP contribution in [0.25, 0.3) is 21.8 Å². The zero-order valence-electron chi connectivity index (χ0n) is 11.1. The summed E-state index contributed by atoms with van der Waals surface area (Å²) in [6.45, 7) is 2.17. The van der Waals surface area contributed by atoms with Gasteiger partial charge in [-0.1, -0.05) is 59.3 Å². The van der Waals surface area contributed by atoms with Crippen LogP contribution < -0.4 is 0 Å². The van der Waals surface area contributed by atoms with Gasteiger partial charge in [-0.15, -0.1) is 11.3 Å². The van der Waals surface area contributed by atoms with Crippen LogP contribution in [0.15, 0.2) is 58.4 Å². The van der Waals surface area contributed by atoms with Crippen molar-refractivity contribution in [2.24, 2.45) is 0 Å². The molecule has 0 amide bonds. The van der Waals surface area contributed by atoms with Crippen LogP contribution in [0.3, 0.4) is 0 Å². The van der Waals surface area contributed by atoms with Crippen LogP contribution in [-0.2, 0) is 6.42 Å². The maximum absolute atomic E-state index is 4.74. The Morgan fingerprint density at radius 1 is 0.950 bits per heavy atom. The zero-order valence-corrected chi connectivity index (χ0v) is 13.5. The fraction of sp³-hybridized carbons (Fsp3) is 0.118. The molecule has 2 aromatic carbocycles. The predicted molar refractivity (Wildman–Crippen MR) is 90.1 cm³/mol. The van der Waals surface area contributed by atoms with Crippen molar-refractivity contribution in [1.29, 1.82) is 0 Å². The molecule has 0 aliphatic heterocycles. The van der Waals surface area contributed by atoms with Gasteiger partial charge in [-0.25, -0.2) is 4.98 Å². The molecule has 0 atom stereocenters. The van der Waals surface area contributed by atoms with Gasteiger partial charge in [0.05, 0.1) is 5.69 Å². The third kappa shape index (κ3) is 2.84. The van der Waals surface area contributed by atoms with Gasteiger partial charge in [0, 0.05) is 21.0 Å². The third-order valence-electron chi connectivity index (χ3n) is 3.25. The average molecular weight is 344 g/mol. The molecule has 3 rings (SSSR count). The van der Waals surface area contributed by atoms with E-state index >= 15 is 0 Å². The summed E-state index contributed by atoms with van der Waals surface area (Å²) in [6.07, 6.45) is 1.07. The number of benzene rings is 2. The van der Waals surface area contributed by atoms with Crippen LogP contribution in [0, 0.1) is 0 Å². The second kappa shape index (κ2) is 5.90. The van der Waals surface area contributed by atoms with E-state index in [-0.39, 0.29) is 0 Å². The van der Waals surface area contributed by atoms with Gasteiger partial charge < -0.3 is 0 Å². The Bertz CT molecular complexity index is 699. The van der Waals surface area contributed by atoms with Crippen LogP contribution in [0.5, 0.6) is 0 Å². The number of aryl methyl sites for hydroxylation is 1. The van der Waals surface area contributed by atoms with E-state index in [4.69, 9.17) is 4.98 Å². The molecule has 0 fully saturated rings. The van der Waals surface area contributed by atoms with Crippen molar-refractivity contribution >= 4 is 27.3 Å². The van der Waals surface area contributed by atoms with Gasteiger partial charge in [0.2, 0.25) is 0 Å². The summed E-state index contributed by atoms with van der Waals surface area (Å²) in [5.74, 6) is 0. The first-order chi connectivity index (χ1) is 9.76. The van der Waals surface area contributed by atoms with Gasteiger partial charge in [-0.05, 0) is 24.1 Å². The first-order valence-corrected chi connectivity index (χ1v) is 8.24. The van der Waals surface area contributed by atoms with Crippen LogP contribution in [-0.4, -0.2) is 4.98 Å². The van der Waals surface area contributed by atoms with Crippen LogP contribution in [0.2, 0.25) is 0 Å². The molecule has 0 radical (unpaired) electrons. The summed E-state index contributed by atoms with van der Waals surface area (Å²) in [5, 5.41) is 3.19. The lowest BCUT2D eigenvalue weighted by atomic mass is 10.1. The SMILES string of the molecule is CCc1ccc(-c2csc(-c3ccc(Br)cc3)n2)cc1. The van der Waals surface area contributed by atoms with Crippen molar-refractivity contribution in [2.75, 3.05) is 0 Å². The lowest BCUT2D eigenvalue weighted by Crippen LogP contribution is -1.82.